The zero-order valence-corrected chi connectivity index (χ0v) is 19.5. The summed E-state index contributed by atoms with van der Waals surface area (Å²) < 4.78 is 10.8. The summed E-state index contributed by atoms with van der Waals surface area (Å²) >= 11 is 1.75. The van der Waals surface area contributed by atoms with Crippen molar-refractivity contribution in [3.8, 4) is 0 Å². The number of aliphatic imine (C=N–C) groups is 1. The van der Waals surface area contributed by atoms with Gasteiger partial charge in [-0.3, -0.25) is 9.89 Å². The minimum Gasteiger partial charge on any atom is -0.469 e. The Balaban J connectivity index is 0.00000280. The van der Waals surface area contributed by atoms with Gasteiger partial charge in [-0.1, -0.05) is 0 Å². The molecule has 0 atom stereocenters. The Labute approximate surface area is 188 Å². The Kier molecular flexibility index (Phi) is 10.8. The van der Waals surface area contributed by atoms with Crippen LogP contribution in [0.25, 0.3) is 0 Å². The van der Waals surface area contributed by atoms with E-state index >= 15 is 0 Å². The van der Waals surface area contributed by atoms with Gasteiger partial charge in [0.25, 0.3) is 0 Å². The number of aryl methyl sites for hydroxylation is 1. The highest BCUT2D eigenvalue weighted by Crippen LogP contribution is 2.10. The topological polar surface area (TPSA) is 74.9 Å². The van der Waals surface area contributed by atoms with E-state index in [9.17, 15) is 0 Å². The van der Waals surface area contributed by atoms with Crippen LogP contribution in [-0.2, 0) is 17.6 Å². The maximum atomic E-state index is 5.40. The Hall–Kier alpha value is -1.17. The van der Waals surface area contributed by atoms with Crippen LogP contribution in [0.5, 0.6) is 0 Å². The number of rotatable bonds is 9. The number of hydrogen-bond acceptors (Lipinski definition) is 6. The van der Waals surface area contributed by atoms with Crippen molar-refractivity contribution in [3.05, 3.63) is 40.2 Å². The largest absolute Gasteiger partial charge is 0.469 e. The summed E-state index contributed by atoms with van der Waals surface area (Å²) in [6.45, 7) is 9.05. The van der Waals surface area contributed by atoms with E-state index in [2.05, 4.69) is 27.4 Å². The molecular formula is C19H30IN5O2S. The maximum Gasteiger partial charge on any atom is 0.191 e. The second-order valence-corrected chi connectivity index (χ2v) is 7.80. The highest BCUT2D eigenvalue weighted by Gasteiger charge is 2.09. The van der Waals surface area contributed by atoms with Crippen LogP contribution >= 0.6 is 35.3 Å². The van der Waals surface area contributed by atoms with E-state index < -0.39 is 0 Å². The summed E-state index contributed by atoms with van der Waals surface area (Å²) in [6.07, 6.45) is 5.38. The highest BCUT2D eigenvalue weighted by molar-refractivity contribution is 14.0. The lowest BCUT2D eigenvalue weighted by molar-refractivity contribution is 0.0394. The molecule has 0 saturated carbocycles. The number of morpholine rings is 1. The molecule has 1 saturated heterocycles. The second kappa shape index (κ2) is 13.1. The molecule has 0 unspecified atom stereocenters. The number of halogens is 1. The average Bonchev–Trinajstić information content (AvgIpc) is 3.34. The third-order valence-corrected chi connectivity index (χ3v) is 5.31. The quantitative estimate of drug-likeness (QED) is 0.301. The summed E-state index contributed by atoms with van der Waals surface area (Å²) in [4.78, 5) is 12.8. The first kappa shape index (κ1) is 23.1. The lowest BCUT2D eigenvalue weighted by atomic mass is 10.3. The lowest BCUT2D eigenvalue weighted by Crippen LogP contribution is -2.41. The number of guanidine groups is 1. The molecule has 0 aliphatic carbocycles. The Bertz CT molecular complexity index is 686. The van der Waals surface area contributed by atoms with Crippen LogP contribution < -0.4 is 10.6 Å². The van der Waals surface area contributed by atoms with Crippen LogP contribution in [-0.4, -0.2) is 68.3 Å². The smallest absolute Gasteiger partial charge is 0.191 e. The zero-order chi connectivity index (χ0) is 18.7. The molecule has 7 nitrogen and oxygen atoms in total. The summed E-state index contributed by atoms with van der Waals surface area (Å²) in [5.74, 6) is 1.83. The Morgan fingerprint density at radius 2 is 2.04 bits per heavy atom. The number of ether oxygens (including phenoxy) is 1. The first-order chi connectivity index (χ1) is 13.3. The van der Waals surface area contributed by atoms with Gasteiger partial charge in [0.1, 0.15) is 5.76 Å². The molecule has 1 aliphatic rings. The number of hydrogen-bond donors (Lipinski definition) is 2. The first-order valence-corrected chi connectivity index (χ1v) is 10.4. The van der Waals surface area contributed by atoms with E-state index in [0.29, 0.717) is 0 Å². The summed E-state index contributed by atoms with van der Waals surface area (Å²) in [5, 5.41) is 7.99. The van der Waals surface area contributed by atoms with Crippen molar-refractivity contribution in [2.45, 2.75) is 19.8 Å². The molecule has 0 spiro atoms. The Morgan fingerprint density at radius 1 is 1.25 bits per heavy atom. The van der Waals surface area contributed by atoms with Crippen molar-refractivity contribution in [1.82, 2.24) is 20.5 Å². The van der Waals surface area contributed by atoms with Crippen LogP contribution in [0.2, 0.25) is 0 Å². The van der Waals surface area contributed by atoms with Gasteiger partial charge in [-0.05, 0) is 19.1 Å². The van der Waals surface area contributed by atoms with Gasteiger partial charge in [0.05, 0.1) is 31.0 Å². The van der Waals surface area contributed by atoms with Crippen LogP contribution in [0.4, 0.5) is 0 Å². The van der Waals surface area contributed by atoms with E-state index in [1.807, 2.05) is 18.3 Å². The SMILES string of the molecule is Cc1cnc(CCNC(=NCCN2CCOCC2)NCCc2ccco2)s1.I. The molecule has 3 rings (SSSR count). The van der Waals surface area contributed by atoms with Gasteiger partial charge in [0, 0.05) is 56.6 Å². The third-order valence-electron chi connectivity index (χ3n) is 4.33. The van der Waals surface area contributed by atoms with E-state index in [0.717, 1.165) is 82.1 Å². The van der Waals surface area contributed by atoms with Crippen molar-refractivity contribution in [2.75, 3.05) is 52.5 Å². The molecule has 0 bridgehead atoms. The molecule has 1 aliphatic heterocycles. The average molecular weight is 519 g/mol. The van der Waals surface area contributed by atoms with E-state index in [1.165, 1.54) is 4.88 Å². The molecule has 156 valence electrons. The van der Waals surface area contributed by atoms with Crippen molar-refractivity contribution in [3.63, 3.8) is 0 Å². The molecule has 1 fully saturated rings. The van der Waals surface area contributed by atoms with Crippen molar-refractivity contribution in [1.29, 1.82) is 0 Å². The molecule has 2 aromatic heterocycles. The maximum absolute atomic E-state index is 5.40. The van der Waals surface area contributed by atoms with E-state index in [-0.39, 0.29) is 24.0 Å². The summed E-state index contributed by atoms with van der Waals surface area (Å²) in [7, 11) is 0. The van der Waals surface area contributed by atoms with Gasteiger partial charge in [0.2, 0.25) is 0 Å². The van der Waals surface area contributed by atoms with Crippen LogP contribution in [0.15, 0.2) is 34.0 Å². The zero-order valence-electron chi connectivity index (χ0n) is 16.4. The van der Waals surface area contributed by atoms with Crippen LogP contribution in [0, 0.1) is 6.92 Å². The fraction of sp³-hybridized carbons (Fsp3) is 0.579. The molecule has 0 radical (unpaired) electrons. The Morgan fingerprint density at radius 3 is 2.71 bits per heavy atom. The number of nitrogens with one attached hydrogen (secondary N) is 2. The van der Waals surface area contributed by atoms with Crippen molar-refractivity contribution >= 4 is 41.3 Å². The van der Waals surface area contributed by atoms with Gasteiger partial charge >= 0.3 is 0 Å². The lowest BCUT2D eigenvalue weighted by Gasteiger charge is -2.25. The number of furan rings is 1. The number of thiazole rings is 1. The third kappa shape index (κ3) is 8.46. The fourth-order valence-electron chi connectivity index (χ4n) is 2.87. The monoisotopic (exact) mass is 519 g/mol. The van der Waals surface area contributed by atoms with Gasteiger partial charge in [0.15, 0.2) is 5.96 Å². The fourth-order valence-corrected chi connectivity index (χ4v) is 3.65. The molecule has 2 N–H and O–H groups in total. The van der Waals surface area contributed by atoms with Crippen LogP contribution in [0.1, 0.15) is 15.6 Å². The molecule has 0 amide bonds. The van der Waals surface area contributed by atoms with Gasteiger partial charge < -0.3 is 19.8 Å². The summed E-state index contributed by atoms with van der Waals surface area (Å²) in [6, 6.07) is 3.91. The van der Waals surface area contributed by atoms with Gasteiger partial charge in [-0.2, -0.15) is 0 Å². The van der Waals surface area contributed by atoms with Crippen molar-refractivity contribution < 1.29 is 9.15 Å². The summed E-state index contributed by atoms with van der Waals surface area (Å²) in [5.41, 5.74) is 0. The minimum absolute atomic E-state index is 0. The van der Waals surface area contributed by atoms with Crippen LogP contribution in [0.3, 0.4) is 0 Å². The standard InChI is InChI=1S/C19H29N5O2S.HI/c1-16-15-23-18(27-16)5-7-21-19(20-6-4-17-3-2-12-26-17)22-8-9-24-10-13-25-14-11-24;/h2-3,12,15H,4-11,13-14H2,1H3,(H2,20,21,22);1H. The predicted octanol–water partition coefficient (Wildman–Crippen LogP) is 2.32. The first-order valence-electron chi connectivity index (χ1n) is 9.55. The van der Waals surface area contributed by atoms with Crippen molar-refractivity contribution in [2.24, 2.45) is 4.99 Å². The highest BCUT2D eigenvalue weighted by atomic mass is 127. The number of nitrogens with zero attached hydrogens (tertiary/aromatic N) is 3. The molecule has 3 heterocycles. The molecule has 0 aromatic carbocycles. The predicted molar refractivity (Wildman–Crippen MR) is 124 cm³/mol. The molecule has 28 heavy (non-hydrogen) atoms. The molecule has 9 heteroatoms. The van der Waals surface area contributed by atoms with E-state index in [4.69, 9.17) is 14.1 Å². The van der Waals surface area contributed by atoms with Gasteiger partial charge in [-0.15, -0.1) is 35.3 Å². The normalized spacial score (nSPS) is 15.2. The number of aromatic nitrogens is 1. The minimum atomic E-state index is 0. The molecular weight excluding hydrogens is 489 g/mol. The van der Waals surface area contributed by atoms with E-state index in [1.54, 1.807) is 17.6 Å². The van der Waals surface area contributed by atoms with Gasteiger partial charge in [-0.25, -0.2) is 4.98 Å². The second-order valence-electron chi connectivity index (χ2n) is 6.48. The molecule has 2 aromatic rings.